The molecule has 6 nitrogen and oxygen atoms in total. The Kier molecular flexibility index (Phi) is 4.84. The number of rotatable bonds is 5. The van der Waals surface area contributed by atoms with E-state index in [-0.39, 0.29) is 5.91 Å². The van der Waals surface area contributed by atoms with Crippen molar-refractivity contribution in [3.63, 3.8) is 0 Å². The minimum Gasteiger partial charge on any atom is -0.340 e. The molecule has 0 radical (unpaired) electrons. The molecule has 0 fully saturated rings. The molecule has 132 valence electrons. The minimum absolute atomic E-state index is 0.174. The third kappa shape index (κ3) is 4.16. The molecule has 0 bridgehead atoms. The lowest BCUT2D eigenvalue weighted by molar-refractivity contribution is 0.102. The van der Waals surface area contributed by atoms with Crippen molar-refractivity contribution in [2.24, 2.45) is 0 Å². The monoisotopic (exact) mass is 373 g/mol. The van der Waals surface area contributed by atoms with Gasteiger partial charge in [-0.15, -0.1) is 0 Å². The van der Waals surface area contributed by atoms with Gasteiger partial charge in [0.25, 0.3) is 5.91 Å². The normalized spacial score (nSPS) is 10.4. The summed E-state index contributed by atoms with van der Waals surface area (Å²) >= 11 is 1.26. The Morgan fingerprint density at radius 2 is 1.78 bits per heavy atom. The van der Waals surface area contributed by atoms with E-state index in [1.807, 2.05) is 48.5 Å². The number of nitrogens with one attached hydrogen (secondary N) is 2. The highest BCUT2D eigenvalue weighted by atomic mass is 32.1. The Morgan fingerprint density at radius 3 is 2.52 bits per heavy atom. The van der Waals surface area contributed by atoms with Crippen molar-refractivity contribution < 1.29 is 4.79 Å². The molecule has 0 unspecified atom stereocenters. The number of aromatic nitrogens is 3. The second-order valence-corrected chi connectivity index (χ2v) is 6.50. The molecule has 0 spiro atoms. The lowest BCUT2D eigenvalue weighted by Crippen LogP contribution is -2.10. The predicted octanol–water partition coefficient (Wildman–Crippen LogP) is 4.60. The van der Waals surface area contributed by atoms with Crippen LogP contribution in [-0.2, 0) is 0 Å². The third-order valence-corrected chi connectivity index (χ3v) is 4.52. The van der Waals surface area contributed by atoms with Crippen molar-refractivity contribution in [1.82, 2.24) is 14.3 Å². The summed E-state index contributed by atoms with van der Waals surface area (Å²) in [7, 11) is 0. The van der Waals surface area contributed by atoms with E-state index in [1.54, 1.807) is 24.4 Å². The SMILES string of the molecule is O=C(Nc1cc(-c2ccccc2)ns1)c1ccc(Nc2ccncn2)cc1. The van der Waals surface area contributed by atoms with E-state index in [9.17, 15) is 4.79 Å². The van der Waals surface area contributed by atoms with Gasteiger partial charge in [0, 0.05) is 29.1 Å². The van der Waals surface area contributed by atoms with Crippen molar-refractivity contribution in [3.8, 4) is 11.3 Å². The number of hydrogen-bond acceptors (Lipinski definition) is 6. The summed E-state index contributed by atoms with van der Waals surface area (Å²) in [6.07, 6.45) is 3.14. The van der Waals surface area contributed by atoms with E-state index in [0.29, 0.717) is 16.4 Å². The summed E-state index contributed by atoms with van der Waals surface area (Å²) < 4.78 is 4.40. The molecule has 2 N–H and O–H groups in total. The predicted molar refractivity (Wildman–Crippen MR) is 107 cm³/mol. The minimum atomic E-state index is -0.174. The number of anilines is 3. The van der Waals surface area contributed by atoms with E-state index < -0.39 is 0 Å². The van der Waals surface area contributed by atoms with Crippen molar-refractivity contribution in [2.45, 2.75) is 0 Å². The van der Waals surface area contributed by atoms with E-state index in [1.165, 1.54) is 17.9 Å². The first-order valence-electron chi connectivity index (χ1n) is 8.24. The quantitative estimate of drug-likeness (QED) is 0.535. The summed E-state index contributed by atoms with van der Waals surface area (Å²) in [6, 6.07) is 20.7. The van der Waals surface area contributed by atoms with Crippen LogP contribution in [0.4, 0.5) is 16.5 Å². The largest absolute Gasteiger partial charge is 0.340 e. The maximum Gasteiger partial charge on any atom is 0.256 e. The van der Waals surface area contributed by atoms with Gasteiger partial charge in [0.05, 0.1) is 5.69 Å². The van der Waals surface area contributed by atoms with Crippen molar-refractivity contribution in [3.05, 3.63) is 84.8 Å². The molecule has 0 aliphatic heterocycles. The average Bonchev–Trinajstić information content (AvgIpc) is 3.18. The standard InChI is InChI=1S/C20H15N5OS/c26-20(24-19-12-17(25-27-19)14-4-2-1-3-5-14)15-6-8-16(9-7-15)23-18-10-11-21-13-22-18/h1-13H,(H,24,26)(H,21,22,23). The first-order chi connectivity index (χ1) is 13.3. The zero-order chi connectivity index (χ0) is 18.5. The van der Waals surface area contributed by atoms with Crippen LogP contribution < -0.4 is 10.6 Å². The van der Waals surface area contributed by atoms with Crippen LogP contribution in [0, 0.1) is 0 Å². The van der Waals surface area contributed by atoms with Crippen LogP contribution >= 0.6 is 11.5 Å². The number of amides is 1. The van der Waals surface area contributed by atoms with Crippen LogP contribution in [-0.4, -0.2) is 20.2 Å². The van der Waals surface area contributed by atoms with Gasteiger partial charge in [0.1, 0.15) is 17.1 Å². The molecule has 0 atom stereocenters. The van der Waals surface area contributed by atoms with Crippen LogP contribution in [0.5, 0.6) is 0 Å². The second-order valence-electron chi connectivity index (χ2n) is 5.69. The maximum atomic E-state index is 12.5. The second kappa shape index (κ2) is 7.76. The first kappa shape index (κ1) is 16.9. The fraction of sp³-hybridized carbons (Fsp3) is 0. The molecule has 4 rings (SSSR count). The smallest absolute Gasteiger partial charge is 0.256 e. The van der Waals surface area contributed by atoms with E-state index in [4.69, 9.17) is 0 Å². The summed E-state index contributed by atoms with van der Waals surface area (Å²) in [5, 5.41) is 6.75. The summed E-state index contributed by atoms with van der Waals surface area (Å²) in [5.41, 5.74) is 3.28. The fourth-order valence-corrected chi connectivity index (χ4v) is 3.14. The van der Waals surface area contributed by atoms with Crippen molar-refractivity contribution in [2.75, 3.05) is 10.6 Å². The summed E-state index contributed by atoms with van der Waals surface area (Å²) in [4.78, 5) is 20.4. The highest BCUT2D eigenvalue weighted by Crippen LogP contribution is 2.25. The Bertz CT molecular complexity index is 1030. The molecule has 0 aliphatic rings. The average molecular weight is 373 g/mol. The maximum absolute atomic E-state index is 12.5. The lowest BCUT2D eigenvalue weighted by atomic mass is 10.1. The van der Waals surface area contributed by atoms with Gasteiger partial charge < -0.3 is 10.6 Å². The Labute approximate surface area is 160 Å². The molecule has 0 saturated heterocycles. The van der Waals surface area contributed by atoms with Gasteiger partial charge in [0.15, 0.2) is 0 Å². The zero-order valence-electron chi connectivity index (χ0n) is 14.2. The van der Waals surface area contributed by atoms with Gasteiger partial charge >= 0.3 is 0 Å². The van der Waals surface area contributed by atoms with Gasteiger partial charge in [-0.1, -0.05) is 30.3 Å². The van der Waals surface area contributed by atoms with Gasteiger partial charge in [0.2, 0.25) is 0 Å². The zero-order valence-corrected chi connectivity index (χ0v) is 15.0. The molecule has 27 heavy (non-hydrogen) atoms. The number of carbonyl (C=O) groups is 1. The molecule has 2 heterocycles. The molecule has 2 aromatic heterocycles. The number of nitrogens with zero attached hydrogens (tertiary/aromatic N) is 3. The highest BCUT2D eigenvalue weighted by molar-refractivity contribution is 7.10. The topological polar surface area (TPSA) is 79.8 Å². The molecule has 0 saturated carbocycles. The molecular formula is C20H15N5OS. The molecule has 2 aromatic carbocycles. The number of hydrogen-bond donors (Lipinski definition) is 2. The molecule has 7 heteroatoms. The Hall–Kier alpha value is -3.58. The van der Waals surface area contributed by atoms with Crippen LogP contribution in [0.2, 0.25) is 0 Å². The van der Waals surface area contributed by atoms with Gasteiger partial charge in [-0.2, -0.15) is 4.37 Å². The summed E-state index contributed by atoms with van der Waals surface area (Å²) in [6.45, 7) is 0. The van der Waals surface area contributed by atoms with Crippen molar-refractivity contribution in [1.29, 1.82) is 0 Å². The Morgan fingerprint density at radius 1 is 0.963 bits per heavy atom. The molecule has 0 aliphatic carbocycles. The molecule has 1 amide bonds. The van der Waals surface area contributed by atoms with E-state index >= 15 is 0 Å². The number of benzene rings is 2. The fourth-order valence-electron chi connectivity index (χ4n) is 2.48. The highest BCUT2D eigenvalue weighted by Gasteiger charge is 2.10. The lowest BCUT2D eigenvalue weighted by Gasteiger charge is -2.06. The summed E-state index contributed by atoms with van der Waals surface area (Å²) in [5.74, 6) is 0.521. The van der Waals surface area contributed by atoms with Gasteiger partial charge in [-0.25, -0.2) is 9.97 Å². The van der Waals surface area contributed by atoms with E-state index in [2.05, 4.69) is 25.0 Å². The Balaban J connectivity index is 1.42. The van der Waals surface area contributed by atoms with Crippen LogP contribution in [0.3, 0.4) is 0 Å². The van der Waals surface area contributed by atoms with Gasteiger partial charge in [-0.3, -0.25) is 4.79 Å². The van der Waals surface area contributed by atoms with Crippen LogP contribution in [0.1, 0.15) is 10.4 Å². The third-order valence-electron chi connectivity index (χ3n) is 3.82. The molecular weight excluding hydrogens is 358 g/mol. The van der Waals surface area contributed by atoms with Crippen LogP contribution in [0.25, 0.3) is 11.3 Å². The van der Waals surface area contributed by atoms with Crippen LogP contribution in [0.15, 0.2) is 79.3 Å². The first-order valence-corrected chi connectivity index (χ1v) is 9.02. The van der Waals surface area contributed by atoms with Crippen molar-refractivity contribution >= 4 is 33.9 Å². The number of carbonyl (C=O) groups excluding carboxylic acids is 1. The van der Waals surface area contributed by atoms with E-state index in [0.717, 1.165) is 16.9 Å². The van der Waals surface area contributed by atoms with Gasteiger partial charge in [-0.05, 0) is 41.9 Å². The molecule has 4 aromatic rings.